The first kappa shape index (κ1) is 38.5. The van der Waals surface area contributed by atoms with Crippen LogP contribution in [0.2, 0.25) is 0 Å². The summed E-state index contributed by atoms with van der Waals surface area (Å²) >= 11 is 0. The molecule has 4 amide bonds. The molecule has 1 aliphatic rings. The van der Waals surface area contributed by atoms with E-state index in [1.807, 2.05) is 13.8 Å². The second-order valence-corrected chi connectivity index (χ2v) is 12.9. The van der Waals surface area contributed by atoms with E-state index in [0.717, 1.165) is 0 Å². The van der Waals surface area contributed by atoms with Crippen LogP contribution in [0.15, 0.2) is 12.2 Å². The van der Waals surface area contributed by atoms with E-state index in [4.69, 9.17) is 9.47 Å². The van der Waals surface area contributed by atoms with Gasteiger partial charge in [-0.05, 0) is 58.3 Å². The van der Waals surface area contributed by atoms with Crippen LogP contribution in [0, 0.1) is 23.7 Å². The largest absolute Gasteiger partial charge is 0.463 e. The lowest BCUT2D eigenvalue weighted by molar-refractivity contribution is -0.137. The number of Topliss-reactive ketones (excluding diaryl/α,β-unsaturated/α-hetero) is 1. The van der Waals surface area contributed by atoms with Gasteiger partial charge >= 0.3 is 12.1 Å². The summed E-state index contributed by atoms with van der Waals surface area (Å²) in [7, 11) is 0. The van der Waals surface area contributed by atoms with Gasteiger partial charge in [-0.25, -0.2) is 9.59 Å². The lowest BCUT2D eigenvalue weighted by Gasteiger charge is -2.27. The summed E-state index contributed by atoms with van der Waals surface area (Å²) in [6, 6.07) is -2.92. The topological polar surface area (TPSA) is 189 Å². The van der Waals surface area contributed by atoms with Crippen LogP contribution in [0.25, 0.3) is 0 Å². The van der Waals surface area contributed by atoms with E-state index < -0.39 is 60.1 Å². The molecular formula is C31H52N4O9. The minimum Gasteiger partial charge on any atom is -0.463 e. The molecular weight excluding hydrogens is 572 g/mol. The Bertz CT molecular complexity index is 1040. The normalized spacial score (nSPS) is 17.9. The molecule has 0 aromatic rings. The van der Waals surface area contributed by atoms with E-state index in [9.17, 15) is 33.9 Å². The van der Waals surface area contributed by atoms with Crippen molar-refractivity contribution in [2.45, 2.75) is 105 Å². The van der Waals surface area contributed by atoms with E-state index in [-0.39, 0.29) is 42.5 Å². The van der Waals surface area contributed by atoms with Crippen LogP contribution >= 0.6 is 0 Å². The molecule has 0 radical (unpaired) electrons. The maximum Gasteiger partial charge on any atom is 0.408 e. The molecule has 1 fully saturated rings. The first-order valence-electron chi connectivity index (χ1n) is 15.3. The van der Waals surface area contributed by atoms with Gasteiger partial charge in [-0.15, -0.1) is 0 Å². The number of hydrogen-bond donors (Lipinski definition) is 5. The van der Waals surface area contributed by atoms with Crippen molar-refractivity contribution in [3.8, 4) is 0 Å². The van der Waals surface area contributed by atoms with Crippen molar-refractivity contribution in [2.75, 3.05) is 19.8 Å². The number of amides is 4. The number of nitrogens with one attached hydrogen (secondary N) is 4. The van der Waals surface area contributed by atoms with Crippen LogP contribution in [0.5, 0.6) is 0 Å². The molecule has 0 saturated carbocycles. The number of alkyl carbamates (subject to hydrolysis) is 1. The molecule has 1 aliphatic heterocycles. The number of ketones is 1. The van der Waals surface area contributed by atoms with Gasteiger partial charge in [0.25, 0.3) is 0 Å². The fraction of sp³-hybridized carbons (Fsp3) is 0.742. The SMILES string of the molecule is CCOC(=O)/C=C/[C@H](C[C@@H]1CNC(=O)C1)NC(=O)[C@@H](CC(=O)[C@@H](NC(=O)[C@H](CO)NC(=O)OC(C)(C)C)C(C)C)CC(C)C. The van der Waals surface area contributed by atoms with Crippen molar-refractivity contribution in [1.29, 1.82) is 0 Å². The van der Waals surface area contributed by atoms with Crippen molar-refractivity contribution in [3.05, 3.63) is 12.2 Å². The lowest BCUT2D eigenvalue weighted by Crippen LogP contribution is -2.55. The molecule has 0 aromatic carbocycles. The summed E-state index contributed by atoms with van der Waals surface area (Å²) in [6.45, 7) is 13.9. The van der Waals surface area contributed by atoms with E-state index in [1.165, 1.54) is 12.2 Å². The molecule has 1 rings (SSSR count). The van der Waals surface area contributed by atoms with Crippen LogP contribution in [0.1, 0.15) is 81.1 Å². The van der Waals surface area contributed by atoms with Crippen molar-refractivity contribution < 1.29 is 43.3 Å². The molecule has 5 N–H and O–H groups in total. The third-order valence-corrected chi connectivity index (χ3v) is 6.80. The fourth-order valence-electron chi connectivity index (χ4n) is 4.80. The zero-order chi connectivity index (χ0) is 33.6. The molecule has 13 nitrogen and oxygen atoms in total. The van der Waals surface area contributed by atoms with Crippen LogP contribution in [0.4, 0.5) is 4.79 Å². The van der Waals surface area contributed by atoms with Gasteiger partial charge in [-0.1, -0.05) is 33.8 Å². The highest BCUT2D eigenvalue weighted by Gasteiger charge is 2.33. The Kier molecular flexibility index (Phi) is 16.1. The lowest BCUT2D eigenvalue weighted by atomic mass is 9.86. The first-order valence-corrected chi connectivity index (χ1v) is 15.3. The Morgan fingerprint density at radius 2 is 1.70 bits per heavy atom. The summed E-state index contributed by atoms with van der Waals surface area (Å²) in [5.41, 5.74) is -0.817. The van der Waals surface area contributed by atoms with Crippen molar-refractivity contribution >= 4 is 35.6 Å². The number of rotatable bonds is 17. The van der Waals surface area contributed by atoms with Gasteiger partial charge in [0.2, 0.25) is 17.7 Å². The number of esters is 1. The monoisotopic (exact) mass is 624 g/mol. The van der Waals surface area contributed by atoms with Crippen molar-refractivity contribution in [3.63, 3.8) is 0 Å². The molecule has 5 atom stereocenters. The van der Waals surface area contributed by atoms with Gasteiger partial charge in [-0.3, -0.25) is 19.2 Å². The molecule has 0 aliphatic carbocycles. The molecule has 0 spiro atoms. The molecule has 13 heteroatoms. The number of aliphatic hydroxyl groups is 1. The number of aliphatic hydroxyl groups excluding tert-OH is 1. The average Bonchev–Trinajstić information content (AvgIpc) is 3.31. The average molecular weight is 625 g/mol. The van der Waals surface area contributed by atoms with Gasteiger partial charge < -0.3 is 35.8 Å². The molecule has 44 heavy (non-hydrogen) atoms. The number of carbonyl (C=O) groups excluding carboxylic acids is 6. The molecule has 1 heterocycles. The van der Waals surface area contributed by atoms with Crippen LogP contribution in [-0.4, -0.2) is 84.2 Å². The maximum atomic E-state index is 13.6. The van der Waals surface area contributed by atoms with Crippen LogP contribution in [0.3, 0.4) is 0 Å². The Hall–Kier alpha value is -3.48. The quantitative estimate of drug-likeness (QED) is 0.119. The summed E-state index contributed by atoms with van der Waals surface area (Å²) in [4.78, 5) is 75.9. The number of ether oxygens (including phenoxy) is 2. The zero-order valence-electron chi connectivity index (χ0n) is 27.4. The zero-order valence-corrected chi connectivity index (χ0v) is 27.4. The molecule has 0 bridgehead atoms. The highest BCUT2D eigenvalue weighted by Crippen LogP contribution is 2.21. The summed E-state index contributed by atoms with van der Waals surface area (Å²) in [6.07, 6.45) is 2.81. The molecule has 250 valence electrons. The van der Waals surface area contributed by atoms with Gasteiger partial charge in [0.05, 0.1) is 19.3 Å². The summed E-state index contributed by atoms with van der Waals surface area (Å²) in [5, 5.41) is 20.4. The second-order valence-electron chi connectivity index (χ2n) is 12.9. The standard InChI is InChI=1S/C31H52N4O9/c1-9-43-26(39)11-10-22(13-20-14-25(38)32-16-20)33-28(40)21(12-18(2)3)15-24(37)27(19(4)5)35-29(41)23(17-36)34-30(42)44-31(6,7)8/h10-11,18-23,27,36H,9,12-17H2,1-8H3,(H,32,38)(H,33,40)(H,34,42)(H,35,41)/b11-10+/t20-,21+,22+,23-,27-/m0/s1. The van der Waals surface area contributed by atoms with Crippen molar-refractivity contribution in [1.82, 2.24) is 21.3 Å². The van der Waals surface area contributed by atoms with Gasteiger partial charge in [0.15, 0.2) is 5.78 Å². The minimum atomic E-state index is -1.35. The molecule has 0 unspecified atom stereocenters. The van der Waals surface area contributed by atoms with Gasteiger partial charge in [-0.2, -0.15) is 0 Å². The predicted octanol–water partition coefficient (Wildman–Crippen LogP) is 1.76. The van der Waals surface area contributed by atoms with Crippen LogP contribution in [-0.2, 0) is 33.4 Å². The molecule has 1 saturated heterocycles. The van der Waals surface area contributed by atoms with Crippen molar-refractivity contribution in [2.24, 2.45) is 23.7 Å². The van der Waals surface area contributed by atoms with Gasteiger partial charge in [0.1, 0.15) is 11.6 Å². The van der Waals surface area contributed by atoms with E-state index in [0.29, 0.717) is 25.8 Å². The van der Waals surface area contributed by atoms with Crippen LogP contribution < -0.4 is 21.3 Å². The second kappa shape index (κ2) is 18.4. The molecule has 0 aromatic heterocycles. The maximum absolute atomic E-state index is 13.6. The summed E-state index contributed by atoms with van der Waals surface area (Å²) in [5.74, 6) is -3.25. The highest BCUT2D eigenvalue weighted by atomic mass is 16.6. The fourth-order valence-corrected chi connectivity index (χ4v) is 4.80. The number of carbonyl (C=O) groups is 6. The Morgan fingerprint density at radius 3 is 2.20 bits per heavy atom. The third kappa shape index (κ3) is 14.8. The Balaban J connectivity index is 3.06. The number of hydrogen-bond acceptors (Lipinski definition) is 9. The van der Waals surface area contributed by atoms with E-state index >= 15 is 0 Å². The third-order valence-electron chi connectivity index (χ3n) is 6.80. The van der Waals surface area contributed by atoms with Gasteiger partial charge in [0, 0.05) is 37.4 Å². The first-order chi connectivity index (χ1) is 20.4. The predicted molar refractivity (Wildman–Crippen MR) is 163 cm³/mol. The Morgan fingerprint density at radius 1 is 1.05 bits per heavy atom. The van der Waals surface area contributed by atoms with E-state index in [1.54, 1.807) is 41.5 Å². The Labute approximate surface area is 260 Å². The summed E-state index contributed by atoms with van der Waals surface area (Å²) < 4.78 is 10.1. The van der Waals surface area contributed by atoms with E-state index in [2.05, 4.69) is 21.3 Å². The minimum absolute atomic E-state index is 0.0425. The highest BCUT2D eigenvalue weighted by molar-refractivity contribution is 5.94. The smallest absolute Gasteiger partial charge is 0.408 e.